The molecule has 0 amide bonds. The van der Waals surface area contributed by atoms with Gasteiger partial charge in [0.2, 0.25) is 10.0 Å². The second-order valence-corrected chi connectivity index (χ2v) is 7.48. The fraction of sp³-hybridized carbons (Fsp3) is 0.278. The summed E-state index contributed by atoms with van der Waals surface area (Å²) >= 11 is 0. The van der Waals surface area contributed by atoms with E-state index in [0.717, 1.165) is 5.56 Å². The maximum atomic E-state index is 12.5. The zero-order valence-corrected chi connectivity index (χ0v) is 14.9. The van der Waals surface area contributed by atoms with Gasteiger partial charge in [-0.2, -0.15) is 0 Å². The lowest BCUT2D eigenvalue weighted by Crippen LogP contribution is -2.28. The van der Waals surface area contributed by atoms with Crippen molar-refractivity contribution in [2.24, 2.45) is 0 Å². The molecule has 1 aromatic heterocycles. The first-order chi connectivity index (χ1) is 12.0. The molecule has 3 rings (SSSR count). The minimum atomic E-state index is -3.58. The fourth-order valence-corrected chi connectivity index (χ4v) is 3.97. The summed E-state index contributed by atoms with van der Waals surface area (Å²) < 4.78 is 38.3. The molecule has 6 nitrogen and oxygen atoms in total. The molecule has 0 bridgehead atoms. The lowest BCUT2D eigenvalue weighted by molar-refractivity contribution is 0.339. The number of hydrogen-bond donors (Lipinski definition) is 1. The fourth-order valence-electron chi connectivity index (χ4n) is 2.64. The van der Waals surface area contributed by atoms with E-state index in [1.807, 2.05) is 43.3 Å². The molecule has 0 aliphatic heterocycles. The first-order valence-corrected chi connectivity index (χ1v) is 9.70. The number of para-hydroxylation sites is 1. The summed E-state index contributed by atoms with van der Waals surface area (Å²) in [6, 6.07) is 14.2. The van der Waals surface area contributed by atoms with E-state index in [2.05, 4.69) is 9.88 Å². The number of fused-ring (bicyclic) bond motifs is 1. The number of rotatable bonds is 7. The Labute approximate surface area is 146 Å². The van der Waals surface area contributed by atoms with Gasteiger partial charge in [0.05, 0.1) is 6.61 Å². The van der Waals surface area contributed by atoms with Crippen molar-refractivity contribution < 1.29 is 17.7 Å². The molecule has 0 aliphatic rings. The summed E-state index contributed by atoms with van der Waals surface area (Å²) in [7, 11) is -3.58. The topological polar surface area (TPSA) is 81.4 Å². The molecule has 0 fully saturated rings. The Balaban J connectivity index is 1.75. The number of sulfonamides is 1. The van der Waals surface area contributed by atoms with Crippen LogP contribution in [0.2, 0.25) is 0 Å². The third kappa shape index (κ3) is 4.18. The number of nitrogens with zero attached hydrogens (tertiary/aromatic N) is 1. The molecule has 1 unspecified atom stereocenters. The minimum absolute atomic E-state index is 0.237. The smallest absolute Gasteiger partial charge is 0.218 e. The van der Waals surface area contributed by atoms with Crippen LogP contribution in [0, 0.1) is 0 Å². The van der Waals surface area contributed by atoms with Crippen LogP contribution >= 0.6 is 0 Å². The van der Waals surface area contributed by atoms with Crippen LogP contribution < -0.4 is 9.46 Å². The Morgan fingerprint density at radius 3 is 2.80 bits per heavy atom. The average Bonchev–Trinajstić information content (AvgIpc) is 2.97. The zero-order chi connectivity index (χ0) is 17.9. The van der Waals surface area contributed by atoms with Crippen molar-refractivity contribution in [3.05, 3.63) is 59.8 Å². The van der Waals surface area contributed by atoms with Crippen molar-refractivity contribution in [2.45, 2.75) is 25.6 Å². The Morgan fingerprint density at radius 1 is 1.20 bits per heavy atom. The highest BCUT2D eigenvalue weighted by atomic mass is 32.2. The van der Waals surface area contributed by atoms with E-state index < -0.39 is 10.0 Å². The van der Waals surface area contributed by atoms with E-state index in [1.54, 1.807) is 19.1 Å². The molecule has 1 N–H and O–H groups in total. The minimum Gasteiger partial charge on any atom is -0.494 e. The van der Waals surface area contributed by atoms with Gasteiger partial charge < -0.3 is 9.26 Å². The van der Waals surface area contributed by atoms with E-state index in [1.165, 1.54) is 0 Å². The number of ether oxygens (including phenoxy) is 1. The van der Waals surface area contributed by atoms with Gasteiger partial charge in [0.15, 0.2) is 5.58 Å². The lowest BCUT2D eigenvalue weighted by atomic mass is 10.1. The largest absolute Gasteiger partial charge is 0.494 e. The van der Waals surface area contributed by atoms with Crippen molar-refractivity contribution in [3.8, 4) is 5.75 Å². The van der Waals surface area contributed by atoms with Gasteiger partial charge in [-0.25, -0.2) is 13.1 Å². The SMILES string of the molecule is CCOc1cccc(C(C)NS(=O)(=O)Cc2noc3ccccc23)c1. The number of nitrogens with one attached hydrogen (secondary N) is 1. The molecular weight excluding hydrogens is 340 g/mol. The Kier molecular flexibility index (Phi) is 5.06. The van der Waals surface area contributed by atoms with E-state index in [0.29, 0.717) is 29.0 Å². The van der Waals surface area contributed by atoms with Crippen molar-refractivity contribution in [2.75, 3.05) is 6.61 Å². The zero-order valence-electron chi connectivity index (χ0n) is 14.1. The highest BCUT2D eigenvalue weighted by Gasteiger charge is 2.20. The molecule has 7 heteroatoms. The molecular formula is C18H20N2O4S. The predicted molar refractivity (Wildman–Crippen MR) is 95.8 cm³/mol. The van der Waals surface area contributed by atoms with Gasteiger partial charge in [-0.3, -0.25) is 0 Å². The van der Waals surface area contributed by atoms with Crippen LogP contribution in [0.1, 0.15) is 31.1 Å². The van der Waals surface area contributed by atoms with Crippen LogP contribution in [-0.4, -0.2) is 20.2 Å². The van der Waals surface area contributed by atoms with E-state index >= 15 is 0 Å². The molecule has 2 aromatic carbocycles. The summed E-state index contributed by atoms with van der Waals surface area (Å²) in [5, 5.41) is 4.59. The molecule has 1 atom stereocenters. The predicted octanol–water partition coefficient (Wildman–Crippen LogP) is 3.41. The summed E-state index contributed by atoms with van der Waals surface area (Å²) in [5.74, 6) is 0.480. The summed E-state index contributed by atoms with van der Waals surface area (Å²) in [6.07, 6.45) is 0. The molecule has 0 spiro atoms. The Hall–Kier alpha value is -2.38. The molecule has 0 aliphatic carbocycles. The molecule has 25 heavy (non-hydrogen) atoms. The molecule has 1 heterocycles. The molecule has 132 valence electrons. The van der Waals surface area contributed by atoms with Crippen LogP contribution in [-0.2, 0) is 15.8 Å². The van der Waals surface area contributed by atoms with Crippen LogP contribution in [0.4, 0.5) is 0 Å². The monoisotopic (exact) mass is 360 g/mol. The van der Waals surface area contributed by atoms with E-state index in [4.69, 9.17) is 9.26 Å². The third-order valence-corrected chi connectivity index (χ3v) is 5.17. The molecule has 0 saturated carbocycles. The number of benzene rings is 2. The third-order valence-electron chi connectivity index (χ3n) is 3.80. The number of hydrogen-bond acceptors (Lipinski definition) is 5. The highest BCUT2D eigenvalue weighted by Crippen LogP contribution is 2.22. The van der Waals surface area contributed by atoms with Crippen molar-refractivity contribution in [1.29, 1.82) is 0 Å². The van der Waals surface area contributed by atoms with Crippen molar-refractivity contribution in [1.82, 2.24) is 9.88 Å². The number of aromatic nitrogens is 1. The van der Waals surface area contributed by atoms with E-state index in [9.17, 15) is 8.42 Å². The van der Waals surface area contributed by atoms with Gasteiger partial charge >= 0.3 is 0 Å². The quantitative estimate of drug-likeness (QED) is 0.698. The van der Waals surface area contributed by atoms with Gasteiger partial charge in [0.25, 0.3) is 0 Å². The van der Waals surface area contributed by atoms with Crippen molar-refractivity contribution >= 4 is 21.0 Å². The summed E-state index contributed by atoms with van der Waals surface area (Å²) in [6.45, 7) is 4.26. The standard InChI is InChI=1S/C18H20N2O4S/c1-3-23-15-8-6-7-14(11-15)13(2)20-25(21,22)12-17-16-9-4-5-10-18(16)24-19-17/h4-11,13,20H,3,12H2,1-2H3. The van der Waals surface area contributed by atoms with Crippen molar-refractivity contribution in [3.63, 3.8) is 0 Å². The maximum absolute atomic E-state index is 12.5. The Bertz CT molecular complexity index is 966. The summed E-state index contributed by atoms with van der Waals surface area (Å²) in [4.78, 5) is 0. The maximum Gasteiger partial charge on any atom is 0.218 e. The van der Waals surface area contributed by atoms with Crippen LogP contribution in [0.15, 0.2) is 53.1 Å². The Morgan fingerprint density at radius 2 is 2.00 bits per heavy atom. The van der Waals surface area contributed by atoms with Gasteiger partial charge in [0.1, 0.15) is 17.2 Å². The van der Waals surface area contributed by atoms with Gasteiger partial charge in [0, 0.05) is 11.4 Å². The first kappa shape index (κ1) is 17.4. The summed E-state index contributed by atoms with van der Waals surface area (Å²) in [5.41, 5.74) is 1.81. The highest BCUT2D eigenvalue weighted by molar-refractivity contribution is 7.88. The van der Waals surface area contributed by atoms with Crippen LogP contribution in [0.5, 0.6) is 5.75 Å². The molecule has 0 saturated heterocycles. The molecule has 0 radical (unpaired) electrons. The van der Waals surface area contributed by atoms with Crippen LogP contribution in [0.3, 0.4) is 0 Å². The van der Waals surface area contributed by atoms with Gasteiger partial charge in [-0.05, 0) is 43.7 Å². The van der Waals surface area contributed by atoms with Gasteiger partial charge in [-0.1, -0.05) is 29.4 Å². The lowest BCUT2D eigenvalue weighted by Gasteiger charge is -2.15. The average molecular weight is 360 g/mol. The normalized spacial score (nSPS) is 13.0. The van der Waals surface area contributed by atoms with Crippen LogP contribution in [0.25, 0.3) is 11.0 Å². The first-order valence-electron chi connectivity index (χ1n) is 8.04. The second-order valence-electron chi connectivity index (χ2n) is 5.73. The van der Waals surface area contributed by atoms with Gasteiger partial charge in [-0.15, -0.1) is 0 Å². The second kappa shape index (κ2) is 7.25. The molecule has 3 aromatic rings. The van der Waals surface area contributed by atoms with E-state index in [-0.39, 0.29) is 11.8 Å².